The summed E-state index contributed by atoms with van der Waals surface area (Å²) in [6.45, 7) is 5.81. The highest BCUT2D eigenvalue weighted by atomic mass is 35.5. The summed E-state index contributed by atoms with van der Waals surface area (Å²) in [7, 11) is 0. The Labute approximate surface area is 165 Å². The highest BCUT2D eigenvalue weighted by Crippen LogP contribution is 2.32. The molecule has 2 rings (SSSR count). The van der Waals surface area contributed by atoms with Crippen LogP contribution in [-0.4, -0.2) is 35.7 Å². The van der Waals surface area contributed by atoms with Gasteiger partial charge in [-0.15, -0.1) is 11.3 Å². The van der Waals surface area contributed by atoms with Crippen molar-refractivity contribution in [2.75, 3.05) is 13.1 Å². The van der Waals surface area contributed by atoms with Crippen LogP contribution in [0.1, 0.15) is 31.3 Å². The lowest BCUT2D eigenvalue weighted by atomic mass is 10.1. The molecule has 0 bridgehead atoms. The Hall–Kier alpha value is -1.83. The van der Waals surface area contributed by atoms with Gasteiger partial charge in [-0.1, -0.05) is 23.2 Å². The minimum absolute atomic E-state index is 0.239. The molecule has 0 saturated carbocycles. The molecule has 26 heavy (non-hydrogen) atoms. The minimum atomic E-state index is -0.568. The third-order valence-corrected chi connectivity index (χ3v) is 4.30. The molecule has 1 aromatic heterocycles. The van der Waals surface area contributed by atoms with Crippen LogP contribution in [0, 0.1) is 0 Å². The number of carbonyl (C=O) groups excluding carboxylic acids is 2. The van der Waals surface area contributed by atoms with Gasteiger partial charge in [0.25, 0.3) is 5.91 Å². The quantitative estimate of drug-likeness (QED) is 0.710. The van der Waals surface area contributed by atoms with Crippen LogP contribution < -0.4 is 10.6 Å². The van der Waals surface area contributed by atoms with Gasteiger partial charge in [0.05, 0.1) is 10.4 Å². The zero-order chi connectivity index (χ0) is 19.3. The van der Waals surface area contributed by atoms with E-state index < -0.39 is 11.7 Å². The van der Waals surface area contributed by atoms with E-state index in [0.29, 0.717) is 14.9 Å². The number of hydrogen-bond acceptors (Lipinski definition) is 5. The Bertz CT molecular complexity index is 783. The number of benzene rings is 1. The molecule has 0 aliphatic rings. The number of halogens is 2. The number of ether oxygens (including phenoxy) is 1. The number of amides is 2. The molecule has 2 aromatic rings. The van der Waals surface area contributed by atoms with E-state index in [1.165, 1.54) is 11.3 Å². The first-order valence-corrected chi connectivity index (χ1v) is 9.44. The monoisotopic (exact) mass is 415 g/mol. The van der Waals surface area contributed by atoms with Gasteiger partial charge in [0.1, 0.15) is 11.3 Å². The maximum absolute atomic E-state index is 12.4. The second-order valence-electron chi connectivity index (χ2n) is 6.37. The molecule has 0 saturated heterocycles. The van der Waals surface area contributed by atoms with Crippen molar-refractivity contribution < 1.29 is 14.3 Å². The normalized spacial score (nSPS) is 11.1. The van der Waals surface area contributed by atoms with Crippen molar-refractivity contribution in [1.82, 2.24) is 15.6 Å². The molecular formula is C17H19Cl2N3O3S. The van der Waals surface area contributed by atoms with Crippen molar-refractivity contribution in [1.29, 1.82) is 0 Å². The van der Waals surface area contributed by atoms with Crippen molar-refractivity contribution in [2.24, 2.45) is 0 Å². The lowest BCUT2D eigenvalue weighted by Crippen LogP contribution is -2.38. The predicted molar refractivity (Wildman–Crippen MR) is 104 cm³/mol. The number of thiazole rings is 1. The molecule has 1 heterocycles. The van der Waals surface area contributed by atoms with Crippen molar-refractivity contribution in [3.05, 3.63) is 39.4 Å². The topological polar surface area (TPSA) is 80.3 Å². The molecule has 1 aromatic carbocycles. The van der Waals surface area contributed by atoms with Crippen LogP contribution in [0.3, 0.4) is 0 Å². The van der Waals surface area contributed by atoms with Crippen LogP contribution in [0.4, 0.5) is 4.79 Å². The average Bonchev–Trinajstić information content (AvgIpc) is 2.98. The molecule has 2 N–H and O–H groups in total. The summed E-state index contributed by atoms with van der Waals surface area (Å²) < 4.78 is 5.12. The Morgan fingerprint density at radius 1 is 1.12 bits per heavy atom. The van der Waals surface area contributed by atoms with Gasteiger partial charge in [-0.05, 0) is 44.5 Å². The fourth-order valence-electron chi connectivity index (χ4n) is 2.04. The number of nitrogens with zero attached hydrogens (tertiary/aromatic N) is 1. The summed E-state index contributed by atoms with van der Waals surface area (Å²) in [6, 6.07) is 5.07. The highest BCUT2D eigenvalue weighted by Gasteiger charge is 2.18. The molecule has 0 fully saturated rings. The maximum atomic E-state index is 12.4. The molecule has 140 valence electrons. The summed E-state index contributed by atoms with van der Waals surface area (Å²) in [5, 5.41) is 6.24. The zero-order valence-electron chi connectivity index (χ0n) is 14.6. The Balaban J connectivity index is 1.93. The van der Waals surface area contributed by atoms with Crippen molar-refractivity contribution in [3.8, 4) is 10.4 Å². The molecule has 0 atom stereocenters. The van der Waals surface area contributed by atoms with Crippen LogP contribution in [0.15, 0.2) is 23.7 Å². The minimum Gasteiger partial charge on any atom is -0.444 e. The second-order valence-corrected chi connectivity index (χ2v) is 8.10. The van der Waals surface area contributed by atoms with Gasteiger partial charge >= 0.3 is 6.09 Å². The van der Waals surface area contributed by atoms with E-state index in [9.17, 15) is 9.59 Å². The summed E-state index contributed by atoms with van der Waals surface area (Å²) in [4.78, 5) is 28.7. The summed E-state index contributed by atoms with van der Waals surface area (Å²) in [5.74, 6) is -0.344. The molecule has 0 unspecified atom stereocenters. The van der Waals surface area contributed by atoms with Gasteiger partial charge < -0.3 is 15.4 Å². The molecule has 9 heteroatoms. The smallest absolute Gasteiger partial charge is 0.407 e. The number of hydrogen-bond donors (Lipinski definition) is 2. The lowest BCUT2D eigenvalue weighted by molar-refractivity contribution is 0.0526. The lowest BCUT2D eigenvalue weighted by Gasteiger charge is -2.19. The van der Waals surface area contributed by atoms with Crippen LogP contribution in [0.2, 0.25) is 10.0 Å². The number of carbonyl (C=O) groups is 2. The largest absolute Gasteiger partial charge is 0.444 e. The number of alkyl carbamates (subject to hydrolysis) is 1. The first-order valence-electron chi connectivity index (χ1n) is 7.81. The van der Waals surface area contributed by atoms with Crippen molar-refractivity contribution in [3.63, 3.8) is 0 Å². The molecule has 0 aliphatic carbocycles. The number of rotatable bonds is 5. The van der Waals surface area contributed by atoms with Crippen molar-refractivity contribution >= 4 is 46.5 Å². The van der Waals surface area contributed by atoms with E-state index >= 15 is 0 Å². The summed E-state index contributed by atoms with van der Waals surface area (Å²) >= 11 is 13.4. The number of nitrogens with one attached hydrogen (secondary N) is 2. The van der Waals surface area contributed by atoms with Crippen LogP contribution in [-0.2, 0) is 4.74 Å². The molecule has 0 aliphatic heterocycles. The second kappa shape index (κ2) is 8.70. The third-order valence-electron chi connectivity index (χ3n) is 2.99. The van der Waals surface area contributed by atoms with Crippen LogP contribution in [0.5, 0.6) is 0 Å². The van der Waals surface area contributed by atoms with E-state index in [4.69, 9.17) is 27.9 Å². The van der Waals surface area contributed by atoms with Crippen molar-refractivity contribution in [2.45, 2.75) is 26.4 Å². The van der Waals surface area contributed by atoms with Crippen LogP contribution in [0.25, 0.3) is 10.4 Å². The van der Waals surface area contributed by atoms with E-state index in [1.54, 1.807) is 44.5 Å². The average molecular weight is 416 g/mol. The van der Waals surface area contributed by atoms with Gasteiger partial charge in [-0.3, -0.25) is 4.79 Å². The highest BCUT2D eigenvalue weighted by molar-refractivity contribution is 7.13. The third kappa shape index (κ3) is 6.16. The molecule has 0 radical (unpaired) electrons. The summed E-state index contributed by atoms with van der Waals surface area (Å²) in [5.41, 5.74) is 2.02. The first-order chi connectivity index (χ1) is 12.2. The van der Waals surface area contributed by atoms with Gasteiger partial charge in [-0.25, -0.2) is 9.78 Å². The Kier molecular flexibility index (Phi) is 6.86. The summed E-state index contributed by atoms with van der Waals surface area (Å²) in [6.07, 6.45) is -0.533. The molecule has 0 spiro atoms. The van der Waals surface area contributed by atoms with E-state index in [1.807, 2.05) is 0 Å². The molecule has 2 amide bonds. The van der Waals surface area contributed by atoms with E-state index in [0.717, 1.165) is 5.56 Å². The SMILES string of the molecule is CC(C)(C)OC(=O)NCCNC(=O)c1ncsc1-c1cc(Cl)cc(Cl)c1. The van der Waals surface area contributed by atoms with E-state index in [2.05, 4.69) is 15.6 Å². The zero-order valence-corrected chi connectivity index (χ0v) is 16.9. The standard InChI is InChI=1S/C17H19Cl2N3O3S/c1-17(2,3)25-16(24)21-5-4-20-15(23)13-14(26-9-22-13)10-6-11(18)8-12(19)7-10/h6-9H,4-5H2,1-3H3,(H,20,23)(H,21,24). The number of aromatic nitrogens is 1. The van der Waals surface area contributed by atoms with Gasteiger partial charge in [0, 0.05) is 23.1 Å². The fourth-order valence-corrected chi connectivity index (χ4v) is 3.34. The molecular weight excluding hydrogens is 397 g/mol. The Morgan fingerprint density at radius 3 is 2.35 bits per heavy atom. The molecule has 6 nitrogen and oxygen atoms in total. The van der Waals surface area contributed by atoms with Gasteiger partial charge in [0.15, 0.2) is 0 Å². The predicted octanol–water partition coefficient (Wildman–Crippen LogP) is 4.37. The first kappa shape index (κ1) is 20.5. The van der Waals surface area contributed by atoms with Gasteiger partial charge in [0.2, 0.25) is 0 Å². The maximum Gasteiger partial charge on any atom is 0.407 e. The van der Waals surface area contributed by atoms with Crippen LogP contribution >= 0.6 is 34.5 Å². The van der Waals surface area contributed by atoms with E-state index in [-0.39, 0.29) is 24.7 Å². The fraction of sp³-hybridized carbons (Fsp3) is 0.353. The van der Waals surface area contributed by atoms with Gasteiger partial charge in [-0.2, -0.15) is 0 Å². The Morgan fingerprint density at radius 2 is 1.73 bits per heavy atom.